The first-order valence-electron chi connectivity index (χ1n) is 11.2. The molecule has 3 aromatic rings. The fourth-order valence-corrected chi connectivity index (χ4v) is 7.23. The van der Waals surface area contributed by atoms with E-state index in [9.17, 15) is 16.8 Å². The fraction of sp³-hybridized carbons (Fsp3) is 0.619. The molecular weight excluding hydrogens is 450 g/mol. The second-order valence-corrected chi connectivity index (χ2v) is 13.5. The molecule has 9 nitrogen and oxygen atoms in total. The third-order valence-electron chi connectivity index (χ3n) is 6.83. The monoisotopic (exact) mass is 479 g/mol. The SMILES string of the molecule is CC[C@@H]1C[C@H](NS(=O)(=O)C2CC2)C[C@@H]1c1nc(CCS(C)(=O)=O)c2cnc3[nH]ccc3n12. The number of nitrogens with one attached hydrogen (secondary N) is 2. The number of fused-ring (bicyclic) bond motifs is 3. The van der Waals surface area contributed by atoms with Gasteiger partial charge in [-0.05, 0) is 37.7 Å². The summed E-state index contributed by atoms with van der Waals surface area (Å²) in [6, 6.07) is 1.84. The second kappa shape index (κ2) is 7.81. The highest BCUT2D eigenvalue weighted by molar-refractivity contribution is 7.90. The molecule has 3 heterocycles. The lowest BCUT2D eigenvalue weighted by Crippen LogP contribution is -2.35. The zero-order valence-corrected chi connectivity index (χ0v) is 19.9. The number of nitrogens with zero attached hydrogens (tertiary/aromatic N) is 3. The van der Waals surface area contributed by atoms with Crippen molar-refractivity contribution in [2.45, 2.75) is 62.7 Å². The van der Waals surface area contributed by atoms with Crippen molar-refractivity contribution in [2.24, 2.45) is 5.92 Å². The minimum absolute atomic E-state index is 0.0238. The van der Waals surface area contributed by atoms with Crippen LogP contribution in [0.15, 0.2) is 18.5 Å². The highest BCUT2D eigenvalue weighted by Gasteiger charge is 2.42. The first-order valence-corrected chi connectivity index (χ1v) is 14.8. The Labute approximate surface area is 188 Å². The zero-order valence-electron chi connectivity index (χ0n) is 18.3. The van der Waals surface area contributed by atoms with Crippen LogP contribution in [0.2, 0.25) is 0 Å². The maximum absolute atomic E-state index is 12.5. The van der Waals surface area contributed by atoms with Crippen LogP contribution < -0.4 is 4.72 Å². The van der Waals surface area contributed by atoms with Gasteiger partial charge in [-0.15, -0.1) is 0 Å². The van der Waals surface area contributed by atoms with Gasteiger partial charge in [-0.3, -0.25) is 4.40 Å². The second-order valence-electron chi connectivity index (χ2n) is 9.29. The molecule has 2 aliphatic rings. The maximum Gasteiger partial charge on any atom is 0.214 e. The van der Waals surface area contributed by atoms with Gasteiger partial charge in [0.1, 0.15) is 15.7 Å². The highest BCUT2D eigenvalue weighted by atomic mass is 32.2. The summed E-state index contributed by atoms with van der Waals surface area (Å²) in [6.45, 7) is 2.13. The quantitative estimate of drug-likeness (QED) is 0.510. The van der Waals surface area contributed by atoms with E-state index in [-0.39, 0.29) is 28.9 Å². The molecule has 5 rings (SSSR count). The summed E-state index contributed by atoms with van der Waals surface area (Å²) in [5.41, 5.74) is 3.17. The van der Waals surface area contributed by atoms with E-state index >= 15 is 0 Å². The lowest BCUT2D eigenvalue weighted by molar-refractivity contribution is 0.450. The van der Waals surface area contributed by atoms with Crippen LogP contribution in [0.5, 0.6) is 0 Å². The van der Waals surface area contributed by atoms with Crippen LogP contribution in [0.4, 0.5) is 0 Å². The van der Waals surface area contributed by atoms with Crippen molar-refractivity contribution in [2.75, 3.05) is 12.0 Å². The largest absolute Gasteiger partial charge is 0.345 e. The molecule has 0 spiro atoms. The highest BCUT2D eigenvalue weighted by Crippen LogP contribution is 2.43. The molecule has 0 amide bonds. The molecule has 0 radical (unpaired) electrons. The minimum Gasteiger partial charge on any atom is -0.345 e. The van der Waals surface area contributed by atoms with E-state index in [1.807, 2.05) is 12.3 Å². The van der Waals surface area contributed by atoms with Gasteiger partial charge in [0.25, 0.3) is 0 Å². The van der Waals surface area contributed by atoms with Crippen molar-refractivity contribution < 1.29 is 16.8 Å². The Kier molecular flexibility index (Phi) is 5.33. The van der Waals surface area contributed by atoms with Crippen molar-refractivity contribution in [3.8, 4) is 0 Å². The fourth-order valence-electron chi connectivity index (χ4n) is 5.06. The summed E-state index contributed by atoms with van der Waals surface area (Å²) in [4.78, 5) is 12.6. The van der Waals surface area contributed by atoms with Gasteiger partial charge in [-0.2, -0.15) is 0 Å². The minimum atomic E-state index is -3.25. The van der Waals surface area contributed by atoms with Crippen LogP contribution >= 0.6 is 0 Å². The Morgan fingerprint density at radius 2 is 1.97 bits per heavy atom. The van der Waals surface area contributed by atoms with Gasteiger partial charge in [0.2, 0.25) is 10.0 Å². The number of sulfone groups is 1. The summed E-state index contributed by atoms with van der Waals surface area (Å²) >= 11 is 0. The van der Waals surface area contributed by atoms with E-state index in [0.717, 1.165) is 53.9 Å². The molecular formula is C21H29N5O4S2. The first kappa shape index (κ1) is 21.8. The number of aryl methyl sites for hydroxylation is 1. The molecule has 0 aliphatic heterocycles. The van der Waals surface area contributed by atoms with Crippen LogP contribution in [0.1, 0.15) is 56.5 Å². The predicted molar refractivity (Wildman–Crippen MR) is 123 cm³/mol. The summed E-state index contributed by atoms with van der Waals surface area (Å²) in [5, 5.41) is -0.234. The molecule has 2 aliphatic carbocycles. The molecule has 2 N–H and O–H groups in total. The molecule has 32 heavy (non-hydrogen) atoms. The predicted octanol–water partition coefficient (Wildman–Crippen LogP) is 2.15. The number of hydrogen-bond donors (Lipinski definition) is 2. The molecule has 3 atom stereocenters. The third-order valence-corrected chi connectivity index (χ3v) is 9.79. The van der Waals surface area contributed by atoms with Crippen LogP contribution in [0, 0.1) is 5.92 Å². The molecule has 0 unspecified atom stereocenters. The Hall–Kier alpha value is -1.98. The Morgan fingerprint density at radius 3 is 2.66 bits per heavy atom. The first-order chi connectivity index (χ1) is 15.2. The number of hydrogen-bond acceptors (Lipinski definition) is 6. The lowest BCUT2D eigenvalue weighted by Gasteiger charge is -2.17. The maximum atomic E-state index is 12.5. The van der Waals surface area contributed by atoms with Crippen molar-refractivity contribution in [3.05, 3.63) is 30.0 Å². The summed E-state index contributed by atoms with van der Waals surface area (Å²) in [7, 11) is -6.39. The number of sulfonamides is 1. The number of aromatic nitrogens is 4. The molecule has 0 saturated heterocycles. The standard InChI is InChI=1S/C21H29N5O4S2/c1-3-13-10-14(25-32(29,30)15-4-5-15)11-16(13)21-24-17(7-9-31(2,27)28)19-12-23-20-18(26(19)21)6-8-22-20/h6,8,12-16,22,25H,3-5,7,9-11H2,1-2H3/t13-,14+,16+/m1/s1. The van der Waals surface area contributed by atoms with Gasteiger partial charge in [0, 0.05) is 30.8 Å². The number of rotatable bonds is 8. The van der Waals surface area contributed by atoms with Gasteiger partial charge in [-0.1, -0.05) is 13.3 Å². The zero-order chi connectivity index (χ0) is 22.7. The van der Waals surface area contributed by atoms with Gasteiger partial charge < -0.3 is 4.98 Å². The van der Waals surface area contributed by atoms with Crippen molar-refractivity contribution in [1.82, 2.24) is 24.1 Å². The van der Waals surface area contributed by atoms with Crippen LogP contribution in [0.3, 0.4) is 0 Å². The van der Waals surface area contributed by atoms with E-state index < -0.39 is 19.9 Å². The summed E-state index contributed by atoms with van der Waals surface area (Å²) in [5.74, 6) is 1.26. The van der Waals surface area contributed by atoms with E-state index in [0.29, 0.717) is 12.8 Å². The van der Waals surface area contributed by atoms with Crippen LogP contribution in [0.25, 0.3) is 16.7 Å². The third kappa shape index (κ3) is 4.06. The molecule has 2 saturated carbocycles. The smallest absolute Gasteiger partial charge is 0.214 e. The van der Waals surface area contributed by atoms with Gasteiger partial charge >= 0.3 is 0 Å². The normalized spacial score (nSPS) is 24.6. The van der Waals surface area contributed by atoms with Gasteiger partial charge in [0.05, 0.1) is 33.9 Å². The van der Waals surface area contributed by atoms with E-state index in [4.69, 9.17) is 4.98 Å². The van der Waals surface area contributed by atoms with Gasteiger partial charge in [-0.25, -0.2) is 31.5 Å². The Morgan fingerprint density at radius 1 is 1.19 bits per heavy atom. The molecule has 0 aromatic carbocycles. The van der Waals surface area contributed by atoms with Crippen LogP contribution in [-0.4, -0.2) is 59.5 Å². The number of H-pyrrole nitrogens is 1. The van der Waals surface area contributed by atoms with Crippen molar-refractivity contribution in [3.63, 3.8) is 0 Å². The van der Waals surface area contributed by atoms with E-state index in [1.54, 1.807) is 6.20 Å². The lowest BCUT2D eigenvalue weighted by atomic mass is 9.93. The number of imidazole rings is 1. The van der Waals surface area contributed by atoms with Gasteiger partial charge in [0.15, 0.2) is 5.65 Å². The molecule has 11 heteroatoms. The van der Waals surface area contributed by atoms with Crippen molar-refractivity contribution >= 4 is 36.5 Å². The molecule has 3 aromatic heterocycles. The summed E-state index contributed by atoms with van der Waals surface area (Å²) in [6.07, 6.45) is 9.00. The van der Waals surface area contributed by atoms with Crippen LogP contribution in [-0.2, 0) is 26.3 Å². The Balaban J connectivity index is 1.55. The Bertz CT molecular complexity index is 1370. The van der Waals surface area contributed by atoms with Crippen molar-refractivity contribution in [1.29, 1.82) is 0 Å². The average molecular weight is 480 g/mol. The average Bonchev–Trinajstić information content (AvgIpc) is 3.20. The van der Waals surface area contributed by atoms with E-state index in [2.05, 4.69) is 26.0 Å². The molecule has 2 fully saturated rings. The summed E-state index contributed by atoms with van der Waals surface area (Å²) < 4.78 is 53.7. The molecule has 174 valence electrons. The topological polar surface area (TPSA) is 126 Å². The number of aromatic amines is 1. The molecule has 0 bridgehead atoms. The van der Waals surface area contributed by atoms with E-state index in [1.165, 1.54) is 6.26 Å².